The molecule has 0 aromatic heterocycles. The molecule has 3 rings (SSSR count). The fourth-order valence-electron chi connectivity index (χ4n) is 4.56. The van der Waals surface area contributed by atoms with Gasteiger partial charge in [-0.3, -0.25) is 14.4 Å². The lowest BCUT2D eigenvalue weighted by Gasteiger charge is -2.24. The first kappa shape index (κ1) is 31.4. The first-order valence-electron chi connectivity index (χ1n) is 14.4. The van der Waals surface area contributed by atoms with Crippen molar-refractivity contribution in [2.24, 2.45) is 5.92 Å². The van der Waals surface area contributed by atoms with Gasteiger partial charge >= 0.3 is 5.97 Å². The van der Waals surface area contributed by atoms with Gasteiger partial charge in [-0.1, -0.05) is 68.4 Å². The summed E-state index contributed by atoms with van der Waals surface area (Å²) >= 11 is 0. The number of methoxy groups -OCH3 is 1. The maximum atomic E-state index is 13.3. The van der Waals surface area contributed by atoms with Gasteiger partial charge in [0.25, 0.3) is 5.91 Å². The number of para-hydroxylation sites is 1. The molecule has 0 fully saturated rings. The highest BCUT2D eigenvalue weighted by Gasteiger charge is 2.20. The van der Waals surface area contributed by atoms with Gasteiger partial charge in [0.05, 0.1) is 13.5 Å². The zero-order valence-corrected chi connectivity index (χ0v) is 24.3. The summed E-state index contributed by atoms with van der Waals surface area (Å²) in [5, 5.41) is 6.34. The van der Waals surface area contributed by atoms with Crippen LogP contribution in [0.1, 0.15) is 68.3 Å². The van der Waals surface area contributed by atoms with Crippen LogP contribution in [0.4, 0.5) is 0 Å². The molecular weight excluding hydrogens is 516 g/mol. The van der Waals surface area contributed by atoms with E-state index in [1.807, 2.05) is 72.8 Å². The molecule has 2 atom stereocenters. The Balaban J connectivity index is 1.67. The number of carbonyl (C=O) groups is 3. The first-order valence-corrected chi connectivity index (χ1v) is 14.4. The average molecular weight is 559 g/mol. The van der Waals surface area contributed by atoms with Crippen LogP contribution in [0.15, 0.2) is 84.9 Å². The third-order valence-electron chi connectivity index (χ3n) is 6.84. The van der Waals surface area contributed by atoms with Gasteiger partial charge in [-0.25, -0.2) is 0 Å². The highest BCUT2D eigenvalue weighted by Crippen LogP contribution is 2.22. The number of benzene rings is 3. The van der Waals surface area contributed by atoms with Crippen LogP contribution in [0.5, 0.6) is 11.5 Å². The van der Waals surface area contributed by atoms with Crippen molar-refractivity contribution in [3.63, 3.8) is 0 Å². The average Bonchev–Trinajstić information content (AvgIpc) is 2.98. The van der Waals surface area contributed by atoms with Crippen molar-refractivity contribution in [2.45, 2.75) is 70.9 Å². The number of hydrogen-bond donors (Lipinski definition) is 2. The second-order valence-electron chi connectivity index (χ2n) is 10.7. The van der Waals surface area contributed by atoms with Gasteiger partial charge in [0.15, 0.2) is 0 Å². The summed E-state index contributed by atoms with van der Waals surface area (Å²) in [6.45, 7) is 4.34. The molecule has 2 unspecified atom stereocenters. The zero-order chi connectivity index (χ0) is 29.5. The lowest BCUT2D eigenvalue weighted by Crippen LogP contribution is -2.40. The molecule has 0 bridgehead atoms. The standard InChI is InChI=1S/C34H42N2O5/c1-25(2)17-18-28(36-34(39)27-13-10-16-31(24-27)41-30-14-8-5-9-15-30)19-20-29(23-26-11-6-4-7-12-26)35-32(37)21-22-33(38)40-3/h4-16,24-25,28-29H,17-23H2,1-3H3,(H,35,37)(H,36,39). The minimum atomic E-state index is -0.408. The molecule has 3 aromatic carbocycles. The lowest BCUT2D eigenvalue weighted by atomic mass is 9.95. The van der Waals surface area contributed by atoms with Crippen LogP contribution in [-0.2, 0) is 20.7 Å². The van der Waals surface area contributed by atoms with Crippen molar-refractivity contribution in [1.29, 1.82) is 0 Å². The van der Waals surface area contributed by atoms with Crippen molar-refractivity contribution in [3.8, 4) is 11.5 Å². The van der Waals surface area contributed by atoms with Crippen molar-refractivity contribution < 1.29 is 23.9 Å². The second kappa shape index (κ2) is 16.9. The third-order valence-corrected chi connectivity index (χ3v) is 6.84. The summed E-state index contributed by atoms with van der Waals surface area (Å²) in [5.74, 6) is 1.05. The Bertz CT molecular complexity index is 1230. The number of amides is 2. The van der Waals surface area contributed by atoms with E-state index >= 15 is 0 Å². The van der Waals surface area contributed by atoms with Crippen LogP contribution in [0.2, 0.25) is 0 Å². The van der Waals surface area contributed by atoms with Crippen LogP contribution < -0.4 is 15.4 Å². The fraction of sp³-hybridized carbons (Fsp3) is 0.382. The second-order valence-corrected chi connectivity index (χ2v) is 10.7. The van der Waals surface area contributed by atoms with Gasteiger partial charge in [0, 0.05) is 24.1 Å². The van der Waals surface area contributed by atoms with E-state index in [-0.39, 0.29) is 36.7 Å². The molecule has 2 N–H and O–H groups in total. The van der Waals surface area contributed by atoms with Crippen LogP contribution in [0.3, 0.4) is 0 Å². The third kappa shape index (κ3) is 11.9. The molecule has 0 aliphatic rings. The molecule has 0 aliphatic heterocycles. The molecule has 0 saturated heterocycles. The summed E-state index contributed by atoms with van der Waals surface area (Å²) < 4.78 is 10.6. The molecule has 7 nitrogen and oxygen atoms in total. The summed E-state index contributed by atoms with van der Waals surface area (Å²) in [7, 11) is 1.32. The van der Waals surface area contributed by atoms with E-state index in [0.717, 1.165) is 18.4 Å². The Morgan fingerprint density at radius 1 is 0.707 bits per heavy atom. The Morgan fingerprint density at radius 2 is 1.34 bits per heavy atom. The predicted molar refractivity (Wildman–Crippen MR) is 161 cm³/mol. The Morgan fingerprint density at radius 3 is 2.02 bits per heavy atom. The van der Waals surface area contributed by atoms with Gasteiger partial charge in [-0.15, -0.1) is 0 Å². The predicted octanol–water partition coefficient (Wildman–Crippen LogP) is 6.47. The van der Waals surface area contributed by atoms with Gasteiger partial charge in [-0.05, 0) is 73.9 Å². The van der Waals surface area contributed by atoms with Crippen molar-refractivity contribution >= 4 is 17.8 Å². The van der Waals surface area contributed by atoms with Gasteiger partial charge in [0.1, 0.15) is 11.5 Å². The molecule has 0 spiro atoms. The molecule has 0 heterocycles. The van der Waals surface area contributed by atoms with Crippen LogP contribution >= 0.6 is 0 Å². The topological polar surface area (TPSA) is 93.7 Å². The number of ether oxygens (including phenoxy) is 2. The Kier molecular flexibility index (Phi) is 12.9. The molecule has 0 saturated carbocycles. The van der Waals surface area contributed by atoms with E-state index in [9.17, 15) is 14.4 Å². The highest BCUT2D eigenvalue weighted by molar-refractivity contribution is 5.94. The van der Waals surface area contributed by atoms with Crippen molar-refractivity contribution in [3.05, 3.63) is 96.1 Å². The number of nitrogens with one attached hydrogen (secondary N) is 2. The molecule has 41 heavy (non-hydrogen) atoms. The van der Waals surface area contributed by atoms with E-state index in [0.29, 0.717) is 42.2 Å². The van der Waals surface area contributed by atoms with Crippen LogP contribution in [0, 0.1) is 5.92 Å². The monoisotopic (exact) mass is 558 g/mol. The Hall–Kier alpha value is -4.13. The minimum absolute atomic E-state index is 0.0422. The number of carbonyl (C=O) groups excluding carboxylic acids is 3. The Labute approximate surface area is 243 Å². The van der Waals surface area contributed by atoms with Crippen LogP contribution in [-0.4, -0.2) is 37.0 Å². The molecule has 0 aliphatic carbocycles. The van der Waals surface area contributed by atoms with Crippen molar-refractivity contribution in [1.82, 2.24) is 10.6 Å². The SMILES string of the molecule is COC(=O)CCC(=O)NC(CCC(CCC(C)C)NC(=O)c1cccc(Oc2ccccc2)c1)Cc1ccccc1. The van der Waals surface area contributed by atoms with Gasteiger partial charge in [-0.2, -0.15) is 0 Å². The smallest absolute Gasteiger partial charge is 0.306 e. The molecule has 2 amide bonds. The van der Waals surface area contributed by atoms with E-state index in [1.165, 1.54) is 7.11 Å². The summed E-state index contributed by atoms with van der Waals surface area (Å²) in [5.41, 5.74) is 1.65. The van der Waals surface area contributed by atoms with Crippen molar-refractivity contribution in [2.75, 3.05) is 7.11 Å². The van der Waals surface area contributed by atoms with E-state index in [4.69, 9.17) is 4.74 Å². The maximum Gasteiger partial charge on any atom is 0.306 e. The van der Waals surface area contributed by atoms with E-state index in [2.05, 4.69) is 29.2 Å². The molecule has 7 heteroatoms. The zero-order valence-electron chi connectivity index (χ0n) is 24.3. The molecule has 0 radical (unpaired) electrons. The summed E-state index contributed by atoms with van der Waals surface area (Å²) in [6.07, 6.45) is 3.96. The molecule has 3 aromatic rings. The van der Waals surface area contributed by atoms with E-state index < -0.39 is 5.97 Å². The van der Waals surface area contributed by atoms with Gasteiger partial charge < -0.3 is 20.1 Å². The van der Waals surface area contributed by atoms with E-state index in [1.54, 1.807) is 12.1 Å². The number of esters is 1. The van der Waals surface area contributed by atoms with Crippen LogP contribution in [0.25, 0.3) is 0 Å². The normalized spacial score (nSPS) is 12.3. The summed E-state index contributed by atoms with van der Waals surface area (Å²) in [4.78, 5) is 37.5. The lowest BCUT2D eigenvalue weighted by molar-refractivity contribution is -0.142. The first-order chi connectivity index (χ1) is 19.8. The molecular formula is C34H42N2O5. The minimum Gasteiger partial charge on any atom is -0.469 e. The number of rotatable bonds is 16. The number of hydrogen-bond acceptors (Lipinski definition) is 5. The highest BCUT2D eigenvalue weighted by atomic mass is 16.5. The largest absolute Gasteiger partial charge is 0.469 e. The maximum absolute atomic E-state index is 13.3. The van der Waals surface area contributed by atoms with Gasteiger partial charge in [0.2, 0.25) is 5.91 Å². The summed E-state index contributed by atoms with van der Waals surface area (Å²) in [6, 6.07) is 26.4. The quantitative estimate of drug-likeness (QED) is 0.196. The fourth-order valence-corrected chi connectivity index (χ4v) is 4.56. The molecule has 218 valence electrons.